The summed E-state index contributed by atoms with van der Waals surface area (Å²) in [5, 5.41) is 0. The van der Waals surface area contributed by atoms with Gasteiger partial charge in [0.25, 0.3) is 0 Å². The molecule has 0 unspecified atom stereocenters. The van der Waals surface area contributed by atoms with E-state index in [1.54, 1.807) is 0 Å². The van der Waals surface area contributed by atoms with Crippen LogP contribution in [0.5, 0.6) is 5.75 Å². The summed E-state index contributed by atoms with van der Waals surface area (Å²) in [5.74, 6) is 1.08. The van der Waals surface area contributed by atoms with E-state index in [-0.39, 0.29) is 0 Å². The van der Waals surface area contributed by atoms with Crippen LogP contribution in [0.3, 0.4) is 0 Å². The molecule has 0 N–H and O–H groups in total. The SMILES string of the molecule is C(CCc1ccccc1)=C1CCC[N+]2=C1C(=COc1ccc3c4c1CCCN4CCC3)CCC2. The van der Waals surface area contributed by atoms with Gasteiger partial charge in [0, 0.05) is 42.8 Å². The lowest BCUT2D eigenvalue weighted by molar-refractivity contribution is -0.533. The molecule has 0 saturated heterocycles. The zero-order valence-corrected chi connectivity index (χ0v) is 20.4. The number of anilines is 1. The summed E-state index contributed by atoms with van der Waals surface area (Å²) in [6, 6.07) is 15.4. The van der Waals surface area contributed by atoms with Gasteiger partial charge in [-0.15, -0.1) is 0 Å². The molecule has 0 bridgehead atoms. The molecule has 2 aromatic carbocycles. The largest absolute Gasteiger partial charge is 0.464 e. The summed E-state index contributed by atoms with van der Waals surface area (Å²) in [4.78, 5) is 2.60. The predicted molar refractivity (Wildman–Crippen MR) is 140 cm³/mol. The maximum atomic E-state index is 6.52. The highest BCUT2D eigenvalue weighted by Crippen LogP contribution is 2.40. The van der Waals surface area contributed by atoms with Crippen molar-refractivity contribution in [1.29, 1.82) is 0 Å². The average molecular weight is 454 g/mol. The van der Waals surface area contributed by atoms with Gasteiger partial charge in [-0.25, -0.2) is 4.58 Å². The smallest absolute Gasteiger partial charge is 0.209 e. The van der Waals surface area contributed by atoms with E-state index in [0.29, 0.717) is 0 Å². The molecule has 0 aliphatic carbocycles. The maximum absolute atomic E-state index is 6.52. The second-order valence-corrected chi connectivity index (χ2v) is 10.3. The van der Waals surface area contributed by atoms with Crippen LogP contribution in [-0.2, 0) is 19.3 Å². The normalized spacial score (nSPS) is 22.1. The molecule has 0 fully saturated rings. The van der Waals surface area contributed by atoms with E-state index in [0.717, 1.165) is 31.4 Å². The lowest BCUT2D eigenvalue weighted by Crippen LogP contribution is -2.35. The van der Waals surface area contributed by atoms with Crippen molar-refractivity contribution in [2.75, 3.05) is 31.1 Å². The van der Waals surface area contributed by atoms with E-state index in [4.69, 9.17) is 4.74 Å². The van der Waals surface area contributed by atoms with Gasteiger partial charge in [0.05, 0.1) is 5.57 Å². The third-order valence-electron chi connectivity index (χ3n) is 8.04. The summed E-state index contributed by atoms with van der Waals surface area (Å²) in [5.41, 5.74) is 10.3. The zero-order valence-electron chi connectivity index (χ0n) is 20.4. The minimum Gasteiger partial charge on any atom is -0.464 e. The van der Waals surface area contributed by atoms with Gasteiger partial charge in [-0.2, -0.15) is 0 Å². The number of benzene rings is 2. The van der Waals surface area contributed by atoms with Gasteiger partial charge in [0.15, 0.2) is 0 Å². The molecule has 4 aliphatic heterocycles. The van der Waals surface area contributed by atoms with Gasteiger partial charge in [0.2, 0.25) is 5.71 Å². The number of ether oxygens (including phenoxy) is 1. The third kappa shape index (κ3) is 4.33. The number of allylic oxidation sites excluding steroid dienone is 3. The highest BCUT2D eigenvalue weighted by molar-refractivity contribution is 6.09. The summed E-state index contributed by atoms with van der Waals surface area (Å²) in [6.45, 7) is 4.77. The fourth-order valence-electron chi connectivity index (χ4n) is 6.47. The molecular formula is C31H37N2O+. The Bertz CT molecular complexity index is 1140. The highest BCUT2D eigenvalue weighted by atomic mass is 16.5. The van der Waals surface area contributed by atoms with Crippen molar-refractivity contribution in [1.82, 2.24) is 0 Å². The molecule has 0 spiro atoms. The van der Waals surface area contributed by atoms with Crippen LogP contribution in [0.15, 0.2) is 65.9 Å². The molecule has 3 nitrogen and oxygen atoms in total. The average Bonchev–Trinajstić information content (AvgIpc) is 2.89. The molecule has 0 atom stereocenters. The Balaban J connectivity index is 1.25. The van der Waals surface area contributed by atoms with Gasteiger partial charge < -0.3 is 9.64 Å². The van der Waals surface area contributed by atoms with Crippen molar-refractivity contribution in [3.05, 3.63) is 82.6 Å². The Morgan fingerprint density at radius 2 is 1.62 bits per heavy atom. The molecule has 34 heavy (non-hydrogen) atoms. The molecular weight excluding hydrogens is 416 g/mol. The van der Waals surface area contributed by atoms with Crippen LogP contribution in [0.2, 0.25) is 0 Å². The Labute approximate surface area is 204 Å². The Kier molecular flexibility index (Phi) is 6.27. The molecule has 4 heterocycles. The highest BCUT2D eigenvalue weighted by Gasteiger charge is 2.32. The summed E-state index contributed by atoms with van der Waals surface area (Å²) in [6.07, 6.45) is 16.5. The van der Waals surface area contributed by atoms with Crippen LogP contribution in [0, 0.1) is 0 Å². The molecule has 0 amide bonds. The minimum atomic E-state index is 1.08. The molecule has 2 aromatic rings. The fraction of sp³-hybridized carbons (Fsp3) is 0.452. The summed E-state index contributed by atoms with van der Waals surface area (Å²) in [7, 11) is 0. The molecule has 3 heteroatoms. The first-order valence-electron chi connectivity index (χ1n) is 13.5. The van der Waals surface area contributed by atoms with Gasteiger partial charge >= 0.3 is 0 Å². The summed E-state index contributed by atoms with van der Waals surface area (Å²) >= 11 is 0. The first kappa shape index (κ1) is 21.7. The van der Waals surface area contributed by atoms with E-state index in [9.17, 15) is 0 Å². The molecule has 0 aromatic heterocycles. The van der Waals surface area contributed by atoms with Crippen LogP contribution in [-0.4, -0.2) is 36.5 Å². The second kappa shape index (κ2) is 9.82. The third-order valence-corrected chi connectivity index (χ3v) is 8.04. The quantitative estimate of drug-likeness (QED) is 0.393. The van der Waals surface area contributed by atoms with E-state index < -0.39 is 0 Å². The molecule has 0 saturated carbocycles. The number of hydrogen-bond acceptors (Lipinski definition) is 2. The van der Waals surface area contributed by atoms with Crippen LogP contribution >= 0.6 is 0 Å². The molecule has 4 aliphatic rings. The van der Waals surface area contributed by atoms with Crippen LogP contribution in [0.25, 0.3) is 0 Å². The Hall–Kier alpha value is -2.81. The van der Waals surface area contributed by atoms with Crippen molar-refractivity contribution < 1.29 is 9.31 Å². The van der Waals surface area contributed by atoms with E-state index in [2.05, 4.69) is 64.3 Å². The van der Waals surface area contributed by atoms with Gasteiger partial charge in [-0.1, -0.05) is 42.5 Å². The van der Waals surface area contributed by atoms with Crippen LogP contribution in [0.1, 0.15) is 61.6 Å². The molecule has 176 valence electrons. The van der Waals surface area contributed by atoms with Crippen molar-refractivity contribution in [3.8, 4) is 5.75 Å². The lowest BCUT2D eigenvalue weighted by Gasteiger charge is -2.37. The standard InChI is InChI=1S/C31H37N2O/c1-2-9-24(10-3-1)11-4-12-25-13-5-19-32-20-7-15-27(30(25)32)23-34-29-18-17-26-14-6-21-33-22-8-16-28(29)31(26)33/h1-3,9-10,12,17-18,23H,4-8,11,13-16,19-22H2/q+1. The molecule has 6 rings (SSSR count). The Morgan fingerprint density at radius 3 is 2.47 bits per heavy atom. The number of aryl methyl sites for hydroxylation is 2. The lowest BCUT2D eigenvalue weighted by atomic mass is 9.89. The minimum absolute atomic E-state index is 1.08. The first-order chi connectivity index (χ1) is 16.9. The number of hydrogen-bond donors (Lipinski definition) is 0. The number of rotatable bonds is 5. The molecule has 0 radical (unpaired) electrons. The van der Waals surface area contributed by atoms with E-state index in [1.165, 1.54) is 104 Å². The maximum Gasteiger partial charge on any atom is 0.209 e. The van der Waals surface area contributed by atoms with Crippen molar-refractivity contribution in [2.45, 2.75) is 64.2 Å². The second-order valence-electron chi connectivity index (χ2n) is 10.3. The topological polar surface area (TPSA) is 15.5 Å². The fourth-order valence-corrected chi connectivity index (χ4v) is 6.47. The van der Waals surface area contributed by atoms with E-state index >= 15 is 0 Å². The van der Waals surface area contributed by atoms with Crippen molar-refractivity contribution in [3.63, 3.8) is 0 Å². The first-order valence-corrected chi connectivity index (χ1v) is 13.5. The zero-order chi connectivity index (χ0) is 22.7. The summed E-state index contributed by atoms with van der Waals surface area (Å²) < 4.78 is 9.14. The van der Waals surface area contributed by atoms with Crippen LogP contribution < -0.4 is 9.64 Å². The van der Waals surface area contributed by atoms with Crippen LogP contribution in [0.4, 0.5) is 5.69 Å². The van der Waals surface area contributed by atoms with Gasteiger partial charge in [-0.3, -0.25) is 0 Å². The number of nitrogens with zero attached hydrogens (tertiary/aromatic N) is 2. The van der Waals surface area contributed by atoms with Crippen molar-refractivity contribution in [2.24, 2.45) is 0 Å². The Morgan fingerprint density at radius 1 is 0.824 bits per heavy atom. The van der Waals surface area contributed by atoms with Crippen molar-refractivity contribution >= 4 is 11.4 Å². The van der Waals surface area contributed by atoms with Gasteiger partial charge in [0.1, 0.15) is 25.1 Å². The van der Waals surface area contributed by atoms with Gasteiger partial charge in [-0.05, 0) is 68.6 Å². The van der Waals surface area contributed by atoms with E-state index in [1.807, 2.05) is 0 Å². The predicted octanol–water partition coefficient (Wildman–Crippen LogP) is 6.25. The monoisotopic (exact) mass is 453 g/mol.